The Kier molecular flexibility index (Phi) is 5.51. The molecule has 0 saturated carbocycles. The number of methoxy groups -OCH3 is 1. The SMILES string of the molecule is COc1ccccc1-c1ccc2oc([C@H]3CCCN3C(=O)c3ccc(C(F)(F)F)cc3)nc2c1. The number of alkyl halides is 3. The zero-order valence-corrected chi connectivity index (χ0v) is 18.3. The number of carbonyl (C=O) groups excluding carboxylic acids is 1. The van der Waals surface area contributed by atoms with Crippen molar-refractivity contribution in [1.29, 1.82) is 0 Å². The van der Waals surface area contributed by atoms with Crippen LogP contribution in [-0.4, -0.2) is 29.4 Å². The molecule has 1 saturated heterocycles. The Morgan fingerprint density at radius 3 is 2.59 bits per heavy atom. The lowest BCUT2D eigenvalue weighted by Gasteiger charge is -2.22. The zero-order chi connectivity index (χ0) is 23.9. The van der Waals surface area contributed by atoms with Crippen LogP contribution < -0.4 is 4.74 Å². The van der Waals surface area contributed by atoms with Gasteiger partial charge in [0.05, 0.1) is 12.7 Å². The Morgan fingerprint density at radius 2 is 1.85 bits per heavy atom. The number of halogens is 3. The number of ether oxygens (including phenoxy) is 1. The maximum atomic E-state index is 13.1. The van der Waals surface area contributed by atoms with Crippen LogP contribution in [0.15, 0.2) is 71.1 Å². The number of hydrogen-bond donors (Lipinski definition) is 0. The largest absolute Gasteiger partial charge is 0.496 e. The van der Waals surface area contributed by atoms with Crippen LogP contribution in [0.2, 0.25) is 0 Å². The maximum absolute atomic E-state index is 13.1. The van der Waals surface area contributed by atoms with Gasteiger partial charge in [0.1, 0.15) is 17.3 Å². The molecular weight excluding hydrogens is 445 g/mol. The lowest BCUT2D eigenvalue weighted by molar-refractivity contribution is -0.137. The van der Waals surface area contributed by atoms with E-state index >= 15 is 0 Å². The van der Waals surface area contributed by atoms with Crippen molar-refractivity contribution in [3.05, 3.63) is 83.7 Å². The van der Waals surface area contributed by atoms with E-state index in [0.29, 0.717) is 30.0 Å². The highest BCUT2D eigenvalue weighted by molar-refractivity contribution is 5.94. The Balaban J connectivity index is 1.43. The molecule has 1 atom stereocenters. The van der Waals surface area contributed by atoms with E-state index in [-0.39, 0.29) is 17.5 Å². The van der Waals surface area contributed by atoms with E-state index < -0.39 is 11.7 Å². The molecule has 5 nitrogen and oxygen atoms in total. The number of amides is 1. The summed E-state index contributed by atoms with van der Waals surface area (Å²) in [5, 5.41) is 0. The third kappa shape index (κ3) is 4.00. The van der Waals surface area contributed by atoms with Gasteiger partial charge in [-0.3, -0.25) is 4.79 Å². The standard InChI is InChI=1S/C26H21F3N2O3/c1-33-22-7-3-2-5-19(22)17-10-13-23-20(15-17)30-24(34-23)21-6-4-14-31(21)25(32)16-8-11-18(12-9-16)26(27,28)29/h2-3,5,7-13,15,21H,4,6,14H2,1H3/t21-/m1/s1. The molecule has 0 unspecified atom stereocenters. The zero-order valence-electron chi connectivity index (χ0n) is 18.3. The second-order valence-electron chi connectivity index (χ2n) is 8.17. The predicted octanol–water partition coefficient (Wildman–Crippen LogP) is 6.50. The number of rotatable bonds is 4. The first-order chi connectivity index (χ1) is 16.3. The van der Waals surface area contributed by atoms with E-state index in [2.05, 4.69) is 4.98 Å². The molecule has 4 aromatic rings. The van der Waals surface area contributed by atoms with Crippen LogP contribution in [0, 0.1) is 0 Å². The minimum Gasteiger partial charge on any atom is -0.496 e. The fourth-order valence-electron chi connectivity index (χ4n) is 4.37. The molecule has 0 bridgehead atoms. The summed E-state index contributed by atoms with van der Waals surface area (Å²) in [6, 6.07) is 17.3. The highest BCUT2D eigenvalue weighted by atomic mass is 19.4. The van der Waals surface area contributed by atoms with Gasteiger partial charge in [-0.25, -0.2) is 4.98 Å². The van der Waals surface area contributed by atoms with Crippen LogP contribution in [0.3, 0.4) is 0 Å². The molecule has 174 valence electrons. The lowest BCUT2D eigenvalue weighted by atomic mass is 10.0. The van der Waals surface area contributed by atoms with Crippen LogP contribution >= 0.6 is 0 Å². The minimum atomic E-state index is -4.45. The van der Waals surface area contributed by atoms with Gasteiger partial charge in [-0.1, -0.05) is 24.3 Å². The molecule has 3 aromatic carbocycles. The van der Waals surface area contributed by atoms with Gasteiger partial charge in [-0.15, -0.1) is 0 Å². The number of likely N-dealkylation sites (tertiary alicyclic amines) is 1. The molecule has 1 aliphatic heterocycles. The molecule has 2 heterocycles. The van der Waals surface area contributed by atoms with Gasteiger partial charge in [0, 0.05) is 17.7 Å². The van der Waals surface area contributed by atoms with Gasteiger partial charge in [-0.2, -0.15) is 13.2 Å². The summed E-state index contributed by atoms with van der Waals surface area (Å²) in [5.41, 5.74) is 2.53. The summed E-state index contributed by atoms with van der Waals surface area (Å²) < 4.78 is 50.0. The van der Waals surface area contributed by atoms with Gasteiger partial charge in [0.2, 0.25) is 5.89 Å². The van der Waals surface area contributed by atoms with Crippen LogP contribution in [0.4, 0.5) is 13.2 Å². The summed E-state index contributed by atoms with van der Waals surface area (Å²) in [7, 11) is 1.62. The van der Waals surface area contributed by atoms with E-state index in [1.807, 2.05) is 42.5 Å². The summed E-state index contributed by atoms with van der Waals surface area (Å²) >= 11 is 0. The van der Waals surface area contributed by atoms with Crippen molar-refractivity contribution >= 4 is 17.0 Å². The number of oxazole rings is 1. The Bertz CT molecular complexity index is 1350. The van der Waals surface area contributed by atoms with Crippen molar-refractivity contribution in [2.75, 3.05) is 13.7 Å². The third-order valence-electron chi connectivity index (χ3n) is 6.08. The topological polar surface area (TPSA) is 55.6 Å². The Labute approximate surface area is 193 Å². The maximum Gasteiger partial charge on any atom is 0.416 e. The van der Waals surface area contributed by atoms with Crippen molar-refractivity contribution in [1.82, 2.24) is 9.88 Å². The molecule has 0 N–H and O–H groups in total. The van der Waals surface area contributed by atoms with Gasteiger partial charge in [-0.05, 0) is 60.9 Å². The van der Waals surface area contributed by atoms with E-state index in [1.165, 1.54) is 12.1 Å². The van der Waals surface area contributed by atoms with E-state index in [9.17, 15) is 18.0 Å². The molecule has 8 heteroatoms. The molecule has 1 amide bonds. The van der Waals surface area contributed by atoms with E-state index in [1.54, 1.807) is 12.0 Å². The first kappa shape index (κ1) is 22.0. The molecule has 1 aliphatic rings. The van der Waals surface area contributed by atoms with E-state index in [4.69, 9.17) is 9.15 Å². The molecule has 5 rings (SSSR count). The monoisotopic (exact) mass is 466 g/mol. The van der Waals surface area contributed by atoms with Crippen molar-refractivity contribution in [3.63, 3.8) is 0 Å². The summed E-state index contributed by atoms with van der Waals surface area (Å²) in [6.45, 7) is 0.482. The molecular formula is C26H21F3N2O3. The smallest absolute Gasteiger partial charge is 0.416 e. The molecule has 34 heavy (non-hydrogen) atoms. The van der Waals surface area contributed by atoms with Gasteiger partial charge < -0.3 is 14.1 Å². The Hall–Kier alpha value is -3.81. The van der Waals surface area contributed by atoms with Crippen molar-refractivity contribution in [2.45, 2.75) is 25.1 Å². The fraction of sp³-hybridized carbons (Fsp3) is 0.231. The molecule has 0 spiro atoms. The van der Waals surface area contributed by atoms with Crippen LogP contribution in [0.25, 0.3) is 22.2 Å². The molecule has 1 fully saturated rings. The summed E-state index contributed by atoms with van der Waals surface area (Å²) in [6.07, 6.45) is -3.03. The third-order valence-corrected chi connectivity index (χ3v) is 6.08. The van der Waals surface area contributed by atoms with Gasteiger partial charge >= 0.3 is 6.18 Å². The Morgan fingerprint density at radius 1 is 1.09 bits per heavy atom. The molecule has 0 aliphatic carbocycles. The number of benzene rings is 3. The van der Waals surface area contributed by atoms with Crippen LogP contribution in [0.1, 0.15) is 40.7 Å². The quantitative estimate of drug-likeness (QED) is 0.345. The predicted molar refractivity (Wildman–Crippen MR) is 120 cm³/mol. The second kappa shape index (κ2) is 8.52. The summed E-state index contributed by atoms with van der Waals surface area (Å²) in [4.78, 5) is 19.4. The van der Waals surface area contributed by atoms with Gasteiger partial charge in [0.15, 0.2) is 5.58 Å². The highest BCUT2D eigenvalue weighted by Gasteiger charge is 2.35. The van der Waals surface area contributed by atoms with Crippen LogP contribution in [-0.2, 0) is 6.18 Å². The van der Waals surface area contributed by atoms with Crippen molar-refractivity contribution in [3.8, 4) is 16.9 Å². The second-order valence-corrected chi connectivity index (χ2v) is 8.17. The van der Waals surface area contributed by atoms with Crippen LogP contribution in [0.5, 0.6) is 5.75 Å². The normalized spacial score (nSPS) is 16.2. The summed E-state index contributed by atoms with van der Waals surface area (Å²) in [5.74, 6) is 0.827. The number of aromatic nitrogens is 1. The lowest BCUT2D eigenvalue weighted by Crippen LogP contribution is -2.30. The highest BCUT2D eigenvalue weighted by Crippen LogP contribution is 2.37. The van der Waals surface area contributed by atoms with Crippen molar-refractivity contribution in [2.24, 2.45) is 0 Å². The fourth-order valence-corrected chi connectivity index (χ4v) is 4.37. The average molecular weight is 466 g/mol. The number of hydrogen-bond acceptors (Lipinski definition) is 4. The van der Waals surface area contributed by atoms with Gasteiger partial charge in [0.25, 0.3) is 5.91 Å². The average Bonchev–Trinajstić information content (AvgIpc) is 3.49. The van der Waals surface area contributed by atoms with E-state index in [0.717, 1.165) is 35.4 Å². The number of nitrogens with zero attached hydrogens (tertiary/aromatic N) is 2. The first-order valence-electron chi connectivity index (χ1n) is 10.9. The first-order valence-corrected chi connectivity index (χ1v) is 10.9. The molecule has 1 aromatic heterocycles. The van der Waals surface area contributed by atoms with Crippen molar-refractivity contribution < 1.29 is 27.1 Å². The number of carbonyl (C=O) groups is 1. The minimum absolute atomic E-state index is 0.203. The number of para-hydroxylation sites is 1. The molecule has 0 radical (unpaired) electrons. The number of fused-ring (bicyclic) bond motifs is 1.